The first-order valence-electron chi connectivity index (χ1n) is 9.83. The third kappa shape index (κ3) is 7.10. The standard InChI is InChI=1S/C22H26ClN5O2.HI/c1-25-22(26-15-16-5-7-18(8-6-16)21(24)30)28-11-9-27(10-12-28)20(29)14-17-3-2-4-19(23)13-17;/h2-8,13H,9-12,14-15H2,1H3,(H2,24,30)(H,25,26);1H. The zero-order chi connectivity index (χ0) is 21.5. The molecule has 0 spiro atoms. The number of benzene rings is 2. The fourth-order valence-electron chi connectivity index (χ4n) is 3.40. The normalized spacial score (nSPS) is 14.1. The lowest BCUT2D eigenvalue weighted by molar-refractivity contribution is -0.131. The SMILES string of the molecule is CN=C(NCc1ccc(C(N)=O)cc1)N1CCN(C(=O)Cc2cccc(Cl)c2)CC1.I. The van der Waals surface area contributed by atoms with Gasteiger partial charge in [-0.15, -0.1) is 24.0 Å². The number of carbonyl (C=O) groups is 2. The van der Waals surface area contributed by atoms with Crippen LogP contribution in [0.4, 0.5) is 0 Å². The van der Waals surface area contributed by atoms with Crippen molar-refractivity contribution in [3.63, 3.8) is 0 Å². The maximum Gasteiger partial charge on any atom is 0.248 e. The van der Waals surface area contributed by atoms with Crippen LogP contribution in [-0.2, 0) is 17.8 Å². The van der Waals surface area contributed by atoms with Gasteiger partial charge in [0.15, 0.2) is 5.96 Å². The van der Waals surface area contributed by atoms with E-state index in [1.807, 2.05) is 35.2 Å². The molecule has 2 aromatic rings. The van der Waals surface area contributed by atoms with Gasteiger partial charge in [0.2, 0.25) is 11.8 Å². The van der Waals surface area contributed by atoms with Gasteiger partial charge in [0.05, 0.1) is 6.42 Å². The lowest BCUT2D eigenvalue weighted by Crippen LogP contribution is -2.53. The van der Waals surface area contributed by atoms with Crippen molar-refractivity contribution in [1.82, 2.24) is 15.1 Å². The minimum Gasteiger partial charge on any atom is -0.366 e. The van der Waals surface area contributed by atoms with Crippen molar-refractivity contribution < 1.29 is 9.59 Å². The van der Waals surface area contributed by atoms with E-state index in [4.69, 9.17) is 17.3 Å². The molecule has 1 heterocycles. The summed E-state index contributed by atoms with van der Waals surface area (Å²) in [6, 6.07) is 14.6. The van der Waals surface area contributed by atoms with Crippen LogP contribution >= 0.6 is 35.6 Å². The van der Waals surface area contributed by atoms with E-state index in [1.165, 1.54) is 0 Å². The van der Waals surface area contributed by atoms with Gasteiger partial charge in [-0.3, -0.25) is 14.6 Å². The highest BCUT2D eigenvalue weighted by atomic mass is 127. The number of halogens is 2. The van der Waals surface area contributed by atoms with Crippen molar-refractivity contribution in [2.24, 2.45) is 10.7 Å². The topological polar surface area (TPSA) is 91.0 Å². The molecule has 166 valence electrons. The summed E-state index contributed by atoms with van der Waals surface area (Å²) >= 11 is 6.01. The second-order valence-corrected chi connectivity index (χ2v) is 7.57. The first kappa shape index (κ1) is 24.9. The Labute approximate surface area is 204 Å². The number of carbonyl (C=O) groups excluding carboxylic acids is 2. The van der Waals surface area contributed by atoms with Crippen molar-refractivity contribution in [1.29, 1.82) is 0 Å². The maximum atomic E-state index is 12.6. The van der Waals surface area contributed by atoms with Gasteiger partial charge >= 0.3 is 0 Å². The van der Waals surface area contributed by atoms with E-state index in [2.05, 4.69) is 15.2 Å². The van der Waals surface area contributed by atoms with Crippen LogP contribution in [0.1, 0.15) is 21.5 Å². The average Bonchev–Trinajstić information content (AvgIpc) is 2.75. The first-order chi connectivity index (χ1) is 14.5. The minimum atomic E-state index is -0.437. The Morgan fingerprint density at radius 3 is 2.26 bits per heavy atom. The molecule has 0 unspecified atom stereocenters. The molecule has 3 rings (SSSR count). The van der Waals surface area contributed by atoms with Crippen LogP contribution in [0.25, 0.3) is 0 Å². The van der Waals surface area contributed by atoms with Gasteiger partial charge in [0.25, 0.3) is 0 Å². The number of piperazine rings is 1. The molecule has 0 atom stereocenters. The third-order valence-electron chi connectivity index (χ3n) is 5.08. The first-order valence-corrected chi connectivity index (χ1v) is 10.2. The molecule has 0 aromatic heterocycles. The zero-order valence-corrected chi connectivity index (χ0v) is 20.5. The molecule has 3 N–H and O–H groups in total. The number of hydrogen-bond donors (Lipinski definition) is 2. The molecule has 0 aliphatic carbocycles. The van der Waals surface area contributed by atoms with Gasteiger partial charge in [-0.25, -0.2) is 0 Å². The van der Waals surface area contributed by atoms with Crippen LogP contribution in [0.15, 0.2) is 53.5 Å². The van der Waals surface area contributed by atoms with E-state index in [0.717, 1.165) is 17.1 Å². The van der Waals surface area contributed by atoms with Crippen LogP contribution < -0.4 is 11.1 Å². The summed E-state index contributed by atoms with van der Waals surface area (Å²) in [7, 11) is 1.75. The number of rotatable bonds is 5. The van der Waals surface area contributed by atoms with Gasteiger partial charge in [0.1, 0.15) is 0 Å². The van der Waals surface area contributed by atoms with Crippen LogP contribution in [-0.4, -0.2) is 60.8 Å². The number of guanidine groups is 1. The van der Waals surface area contributed by atoms with Gasteiger partial charge in [-0.05, 0) is 35.4 Å². The van der Waals surface area contributed by atoms with Crippen molar-refractivity contribution in [3.8, 4) is 0 Å². The van der Waals surface area contributed by atoms with E-state index in [0.29, 0.717) is 49.7 Å². The van der Waals surface area contributed by atoms with Crippen molar-refractivity contribution >= 4 is 53.4 Å². The molecule has 1 fully saturated rings. The summed E-state index contributed by atoms with van der Waals surface area (Å²) in [4.78, 5) is 32.1. The number of nitrogens with one attached hydrogen (secondary N) is 1. The molecule has 1 aliphatic heterocycles. The summed E-state index contributed by atoms with van der Waals surface area (Å²) in [6.07, 6.45) is 0.356. The maximum absolute atomic E-state index is 12.6. The van der Waals surface area contributed by atoms with E-state index < -0.39 is 5.91 Å². The monoisotopic (exact) mass is 555 g/mol. The largest absolute Gasteiger partial charge is 0.366 e. The van der Waals surface area contributed by atoms with Gasteiger partial charge in [-0.2, -0.15) is 0 Å². The Hall–Kier alpha value is -2.33. The Balaban J connectivity index is 0.00000341. The highest BCUT2D eigenvalue weighted by molar-refractivity contribution is 14.0. The Kier molecular flexibility index (Phi) is 9.57. The predicted molar refractivity (Wildman–Crippen MR) is 134 cm³/mol. The van der Waals surface area contributed by atoms with Crippen molar-refractivity contribution in [3.05, 3.63) is 70.2 Å². The van der Waals surface area contributed by atoms with Crippen LogP contribution in [0, 0.1) is 0 Å². The second kappa shape index (κ2) is 11.9. The number of primary amides is 1. The molecule has 0 radical (unpaired) electrons. The zero-order valence-electron chi connectivity index (χ0n) is 17.4. The molecule has 31 heavy (non-hydrogen) atoms. The molecule has 0 bridgehead atoms. The number of hydrogen-bond acceptors (Lipinski definition) is 3. The summed E-state index contributed by atoms with van der Waals surface area (Å²) in [5, 5.41) is 3.98. The Bertz CT molecular complexity index is 928. The summed E-state index contributed by atoms with van der Waals surface area (Å²) in [5.74, 6) is 0.457. The molecule has 0 saturated carbocycles. The third-order valence-corrected chi connectivity index (χ3v) is 5.31. The lowest BCUT2D eigenvalue weighted by atomic mass is 10.1. The number of nitrogens with two attached hydrogens (primary N) is 1. The number of amides is 2. The van der Waals surface area contributed by atoms with Crippen LogP contribution in [0.5, 0.6) is 0 Å². The molecular weight excluding hydrogens is 529 g/mol. The fraction of sp³-hybridized carbons (Fsp3) is 0.318. The van der Waals surface area contributed by atoms with E-state index >= 15 is 0 Å². The van der Waals surface area contributed by atoms with Crippen molar-refractivity contribution in [2.45, 2.75) is 13.0 Å². The van der Waals surface area contributed by atoms with Crippen LogP contribution in [0.2, 0.25) is 5.02 Å². The van der Waals surface area contributed by atoms with E-state index in [9.17, 15) is 9.59 Å². The lowest BCUT2D eigenvalue weighted by Gasteiger charge is -2.36. The smallest absolute Gasteiger partial charge is 0.248 e. The van der Waals surface area contributed by atoms with Crippen LogP contribution in [0.3, 0.4) is 0 Å². The number of nitrogens with zero attached hydrogens (tertiary/aromatic N) is 3. The highest BCUT2D eigenvalue weighted by Crippen LogP contribution is 2.13. The van der Waals surface area contributed by atoms with Gasteiger partial charge in [0, 0.05) is 50.4 Å². The Morgan fingerprint density at radius 2 is 1.68 bits per heavy atom. The number of aliphatic imine (C=N–C) groups is 1. The molecule has 2 amide bonds. The quantitative estimate of drug-likeness (QED) is 0.337. The van der Waals surface area contributed by atoms with Crippen molar-refractivity contribution in [2.75, 3.05) is 33.2 Å². The van der Waals surface area contributed by atoms with Gasteiger partial charge in [-0.1, -0.05) is 35.9 Å². The molecule has 1 aliphatic rings. The second-order valence-electron chi connectivity index (χ2n) is 7.14. The average molecular weight is 556 g/mol. The van der Waals surface area contributed by atoms with E-state index in [-0.39, 0.29) is 29.9 Å². The molecule has 2 aromatic carbocycles. The molecule has 7 nitrogen and oxygen atoms in total. The highest BCUT2D eigenvalue weighted by Gasteiger charge is 2.23. The van der Waals surface area contributed by atoms with E-state index in [1.54, 1.807) is 25.2 Å². The summed E-state index contributed by atoms with van der Waals surface area (Å²) in [6.45, 7) is 3.30. The fourth-order valence-corrected chi connectivity index (χ4v) is 3.61. The summed E-state index contributed by atoms with van der Waals surface area (Å²) in [5.41, 5.74) is 7.71. The molecule has 9 heteroatoms. The minimum absolute atomic E-state index is 0. The predicted octanol–water partition coefficient (Wildman–Crippen LogP) is 2.52. The Morgan fingerprint density at radius 1 is 1.03 bits per heavy atom. The molecule has 1 saturated heterocycles. The molecular formula is C22H27ClIN5O2. The van der Waals surface area contributed by atoms with Gasteiger partial charge < -0.3 is 20.9 Å². The summed E-state index contributed by atoms with van der Waals surface area (Å²) < 4.78 is 0.